The number of carbonyl (C=O) groups excluding carboxylic acids is 1. The second kappa shape index (κ2) is 4.97. The van der Waals surface area contributed by atoms with Gasteiger partial charge in [0.2, 0.25) is 5.91 Å². The number of anilines is 1. The first kappa shape index (κ1) is 11.0. The molecule has 0 fully saturated rings. The van der Waals surface area contributed by atoms with Gasteiger partial charge in [-0.2, -0.15) is 0 Å². The zero-order valence-electron chi connectivity index (χ0n) is 8.12. The lowest BCUT2D eigenvalue weighted by Gasteiger charge is -2.10. The van der Waals surface area contributed by atoms with Crippen LogP contribution >= 0.6 is 11.3 Å². The molecule has 1 unspecified atom stereocenters. The molecule has 0 saturated carbocycles. The molecule has 78 valence electrons. The van der Waals surface area contributed by atoms with Gasteiger partial charge >= 0.3 is 0 Å². The predicted molar refractivity (Wildman–Crippen MR) is 58.8 cm³/mol. The SMILES string of the molecule is CC(CC(N)=O)NCc1sccc1N. The fraction of sp³-hybridized carbons (Fsp3) is 0.444. The van der Waals surface area contributed by atoms with Gasteiger partial charge in [-0.05, 0) is 18.4 Å². The first-order valence-corrected chi connectivity index (χ1v) is 5.31. The molecular weight excluding hydrogens is 198 g/mol. The highest BCUT2D eigenvalue weighted by Gasteiger charge is 2.06. The lowest BCUT2D eigenvalue weighted by Crippen LogP contribution is -2.30. The van der Waals surface area contributed by atoms with E-state index in [4.69, 9.17) is 11.5 Å². The van der Waals surface area contributed by atoms with E-state index in [0.717, 1.165) is 10.6 Å². The predicted octanol–water partition coefficient (Wildman–Crippen LogP) is 0.684. The first-order chi connectivity index (χ1) is 6.59. The molecule has 0 spiro atoms. The minimum Gasteiger partial charge on any atom is -0.398 e. The first-order valence-electron chi connectivity index (χ1n) is 4.43. The molecule has 0 bridgehead atoms. The zero-order valence-corrected chi connectivity index (χ0v) is 8.93. The van der Waals surface area contributed by atoms with Crippen molar-refractivity contribution in [2.45, 2.75) is 25.9 Å². The van der Waals surface area contributed by atoms with Crippen molar-refractivity contribution in [2.24, 2.45) is 5.73 Å². The van der Waals surface area contributed by atoms with Crippen LogP contribution in [0.3, 0.4) is 0 Å². The highest BCUT2D eigenvalue weighted by atomic mass is 32.1. The second-order valence-corrected chi connectivity index (χ2v) is 4.25. The Kier molecular flexibility index (Phi) is 3.91. The smallest absolute Gasteiger partial charge is 0.218 e. The van der Waals surface area contributed by atoms with Gasteiger partial charge in [0.05, 0.1) is 0 Å². The molecule has 0 aliphatic rings. The number of rotatable bonds is 5. The summed E-state index contributed by atoms with van der Waals surface area (Å²) < 4.78 is 0. The van der Waals surface area contributed by atoms with Gasteiger partial charge in [-0.1, -0.05) is 0 Å². The van der Waals surface area contributed by atoms with Crippen molar-refractivity contribution in [3.8, 4) is 0 Å². The van der Waals surface area contributed by atoms with E-state index >= 15 is 0 Å². The molecule has 14 heavy (non-hydrogen) atoms. The molecule has 0 aliphatic carbocycles. The monoisotopic (exact) mass is 213 g/mol. The molecule has 5 heteroatoms. The fourth-order valence-electron chi connectivity index (χ4n) is 1.14. The van der Waals surface area contributed by atoms with Gasteiger partial charge in [-0.3, -0.25) is 4.79 Å². The standard InChI is InChI=1S/C9H15N3OS/c1-6(4-9(11)13)12-5-8-7(10)2-3-14-8/h2-3,6,12H,4-5,10H2,1H3,(H2,11,13). The van der Waals surface area contributed by atoms with Crippen molar-refractivity contribution < 1.29 is 4.79 Å². The maximum absolute atomic E-state index is 10.6. The molecule has 0 aliphatic heterocycles. The Morgan fingerprint density at radius 2 is 2.43 bits per heavy atom. The highest BCUT2D eigenvalue weighted by Crippen LogP contribution is 2.18. The van der Waals surface area contributed by atoms with Crippen LogP contribution in [0.25, 0.3) is 0 Å². The van der Waals surface area contributed by atoms with Gasteiger partial charge in [-0.25, -0.2) is 0 Å². The molecule has 1 rings (SSSR count). The van der Waals surface area contributed by atoms with Crippen LogP contribution in [-0.4, -0.2) is 11.9 Å². The summed E-state index contributed by atoms with van der Waals surface area (Å²) in [5, 5.41) is 5.14. The Morgan fingerprint density at radius 1 is 1.71 bits per heavy atom. The van der Waals surface area contributed by atoms with E-state index in [1.165, 1.54) is 0 Å². The van der Waals surface area contributed by atoms with Crippen LogP contribution in [0.1, 0.15) is 18.2 Å². The number of primary amides is 1. The molecule has 1 amide bonds. The van der Waals surface area contributed by atoms with Gasteiger partial charge in [0.25, 0.3) is 0 Å². The third-order valence-electron chi connectivity index (χ3n) is 1.90. The van der Waals surface area contributed by atoms with Crippen molar-refractivity contribution in [3.63, 3.8) is 0 Å². The number of hydrogen-bond donors (Lipinski definition) is 3. The lowest BCUT2D eigenvalue weighted by molar-refractivity contribution is -0.118. The van der Waals surface area contributed by atoms with Crippen molar-refractivity contribution in [2.75, 3.05) is 5.73 Å². The quantitative estimate of drug-likeness (QED) is 0.673. The normalized spacial score (nSPS) is 12.6. The Balaban J connectivity index is 2.34. The number of nitrogens with two attached hydrogens (primary N) is 2. The molecule has 1 atom stereocenters. The summed E-state index contributed by atoms with van der Waals surface area (Å²) in [6.07, 6.45) is 0.352. The average molecular weight is 213 g/mol. The molecule has 0 radical (unpaired) electrons. The molecule has 1 aromatic rings. The Bertz CT molecular complexity index is 311. The summed E-state index contributed by atoms with van der Waals surface area (Å²) in [4.78, 5) is 11.7. The van der Waals surface area contributed by atoms with Crippen molar-refractivity contribution in [1.29, 1.82) is 0 Å². The van der Waals surface area contributed by atoms with E-state index in [0.29, 0.717) is 13.0 Å². The van der Waals surface area contributed by atoms with Gasteiger partial charge in [-0.15, -0.1) is 11.3 Å². The van der Waals surface area contributed by atoms with E-state index in [1.54, 1.807) is 11.3 Å². The number of hydrogen-bond acceptors (Lipinski definition) is 4. The van der Waals surface area contributed by atoms with Gasteiger partial charge in [0.15, 0.2) is 0 Å². The van der Waals surface area contributed by atoms with Crippen molar-refractivity contribution in [3.05, 3.63) is 16.3 Å². The molecule has 0 aromatic carbocycles. The van der Waals surface area contributed by atoms with Crippen LogP contribution in [-0.2, 0) is 11.3 Å². The summed E-state index contributed by atoms with van der Waals surface area (Å²) in [5.74, 6) is -0.288. The molecule has 1 aromatic heterocycles. The Morgan fingerprint density at radius 3 is 2.93 bits per heavy atom. The fourth-order valence-corrected chi connectivity index (χ4v) is 1.88. The van der Waals surface area contributed by atoms with E-state index in [-0.39, 0.29) is 11.9 Å². The summed E-state index contributed by atoms with van der Waals surface area (Å²) >= 11 is 1.61. The maximum Gasteiger partial charge on any atom is 0.218 e. The molecular formula is C9H15N3OS. The number of thiophene rings is 1. The van der Waals surface area contributed by atoms with Gasteiger partial charge in [0.1, 0.15) is 0 Å². The van der Waals surface area contributed by atoms with Crippen molar-refractivity contribution in [1.82, 2.24) is 5.32 Å². The summed E-state index contributed by atoms with van der Waals surface area (Å²) in [6, 6.07) is 1.97. The minimum absolute atomic E-state index is 0.0917. The minimum atomic E-state index is -0.288. The van der Waals surface area contributed by atoms with E-state index in [2.05, 4.69) is 5.32 Å². The summed E-state index contributed by atoms with van der Waals surface area (Å²) in [7, 11) is 0. The van der Waals surface area contributed by atoms with Crippen LogP contribution in [0.4, 0.5) is 5.69 Å². The summed E-state index contributed by atoms with van der Waals surface area (Å²) in [6.45, 7) is 2.62. The Hall–Kier alpha value is -1.07. The number of amides is 1. The molecule has 4 nitrogen and oxygen atoms in total. The maximum atomic E-state index is 10.6. The van der Waals surface area contributed by atoms with E-state index < -0.39 is 0 Å². The summed E-state index contributed by atoms with van der Waals surface area (Å²) in [5.41, 5.74) is 11.6. The largest absolute Gasteiger partial charge is 0.398 e. The molecule has 0 saturated heterocycles. The third-order valence-corrected chi connectivity index (χ3v) is 2.84. The van der Waals surface area contributed by atoms with Crippen LogP contribution in [0.15, 0.2) is 11.4 Å². The Labute approximate surface area is 87.3 Å². The second-order valence-electron chi connectivity index (χ2n) is 3.25. The van der Waals surface area contributed by atoms with Crippen LogP contribution in [0, 0.1) is 0 Å². The topological polar surface area (TPSA) is 81.1 Å². The number of nitrogen functional groups attached to an aromatic ring is 1. The zero-order chi connectivity index (χ0) is 10.6. The third kappa shape index (κ3) is 3.35. The molecule has 5 N–H and O–H groups in total. The molecule has 1 heterocycles. The average Bonchev–Trinajstić information content (AvgIpc) is 2.46. The van der Waals surface area contributed by atoms with E-state index in [9.17, 15) is 4.79 Å². The lowest BCUT2D eigenvalue weighted by atomic mass is 10.2. The van der Waals surface area contributed by atoms with Gasteiger partial charge in [0, 0.05) is 29.6 Å². The van der Waals surface area contributed by atoms with Crippen molar-refractivity contribution >= 4 is 22.9 Å². The number of carbonyl (C=O) groups is 1. The van der Waals surface area contributed by atoms with Gasteiger partial charge < -0.3 is 16.8 Å². The van der Waals surface area contributed by atoms with Crippen LogP contribution in [0.5, 0.6) is 0 Å². The number of nitrogens with one attached hydrogen (secondary N) is 1. The van der Waals surface area contributed by atoms with Crippen LogP contribution < -0.4 is 16.8 Å². The highest BCUT2D eigenvalue weighted by molar-refractivity contribution is 7.10. The van der Waals surface area contributed by atoms with E-state index in [1.807, 2.05) is 18.4 Å². The van der Waals surface area contributed by atoms with Crippen LogP contribution in [0.2, 0.25) is 0 Å².